The Morgan fingerprint density at radius 3 is 2.19 bits per heavy atom. The molecule has 0 aromatic rings. The van der Waals surface area contributed by atoms with Crippen molar-refractivity contribution in [3.63, 3.8) is 0 Å². The largest absolute Gasteiger partial charge is 0.460 e. The Morgan fingerprint density at radius 1 is 0.829 bits per heavy atom. The monoisotopic (exact) mass is 1000 g/mol. The normalized spacial score (nSPS) is 38.6. The molecule has 70 heavy (non-hydrogen) atoms. The Morgan fingerprint density at radius 2 is 1.54 bits per heavy atom. The first-order valence-corrected chi connectivity index (χ1v) is 29.2. The fourth-order valence-corrected chi connectivity index (χ4v) is 11.8. The lowest BCUT2D eigenvalue weighted by atomic mass is 9.78. The number of carbonyl (C=O) groups excluding carboxylic acids is 5. The Bertz CT molecular complexity index is 1890. The molecule has 3 fully saturated rings. The average Bonchev–Trinajstić information content (AvgIpc) is 3.32. The highest BCUT2D eigenvalue weighted by molar-refractivity contribution is 6.69. The first-order chi connectivity index (χ1) is 33.0. The number of nitrogens with zero attached hydrogens (tertiary/aromatic N) is 1. The van der Waals surface area contributed by atoms with Gasteiger partial charge in [-0.05, 0) is 127 Å². The van der Waals surface area contributed by atoms with Gasteiger partial charge in [0.05, 0.1) is 24.4 Å². The summed E-state index contributed by atoms with van der Waals surface area (Å²) in [6, 6.07) is -1.14. The van der Waals surface area contributed by atoms with Crippen LogP contribution < -0.4 is 0 Å². The number of rotatable bonds is 9. The highest BCUT2D eigenvalue weighted by Crippen LogP contribution is 2.38. The highest BCUT2D eigenvalue weighted by Gasteiger charge is 2.53. The first-order valence-electron chi connectivity index (χ1n) is 25.8. The van der Waals surface area contributed by atoms with Crippen LogP contribution in [0.2, 0.25) is 19.6 Å². The molecule has 1 amide bonds. The van der Waals surface area contributed by atoms with Crippen LogP contribution in [0.25, 0.3) is 0 Å². The molecule has 16 heteroatoms. The lowest BCUT2D eigenvalue weighted by Crippen LogP contribution is -2.61. The number of fused-ring (bicyclic) bond motifs is 3. The van der Waals surface area contributed by atoms with Gasteiger partial charge in [-0.2, -0.15) is 0 Å². The molecule has 1 saturated carbocycles. The van der Waals surface area contributed by atoms with Gasteiger partial charge >= 0.3 is 5.97 Å². The molecular formula is C54H87NO14Si. The zero-order valence-corrected chi connectivity index (χ0v) is 45.5. The summed E-state index contributed by atoms with van der Waals surface area (Å²) in [4.78, 5) is 77.9. The smallest absolute Gasteiger partial charge is 0.329 e. The molecule has 396 valence electrons. The summed E-state index contributed by atoms with van der Waals surface area (Å²) in [6.07, 6.45) is 12.6. The molecule has 0 spiro atoms. The quantitative estimate of drug-likeness (QED) is 0.0557. The molecule has 2 saturated heterocycles. The summed E-state index contributed by atoms with van der Waals surface area (Å²) >= 11 is 0. The fraction of sp³-hybridized carbons (Fsp3) is 0.759. The minimum atomic E-state index is -2.43. The van der Waals surface area contributed by atoms with Crippen molar-refractivity contribution in [1.29, 1.82) is 0 Å². The number of aliphatic hydroxyl groups is 1. The first kappa shape index (κ1) is 59.4. The second-order valence-electron chi connectivity index (χ2n) is 21.9. The van der Waals surface area contributed by atoms with E-state index in [-0.39, 0.29) is 60.7 Å². The summed E-state index contributed by atoms with van der Waals surface area (Å²) in [7, 11) is 2.38. The van der Waals surface area contributed by atoms with E-state index in [4.69, 9.17) is 33.0 Å². The van der Waals surface area contributed by atoms with Crippen molar-refractivity contribution in [2.45, 2.75) is 200 Å². The summed E-state index contributed by atoms with van der Waals surface area (Å²) in [5, 5.41) is 21.5. The van der Waals surface area contributed by atoms with Gasteiger partial charge in [-0.3, -0.25) is 24.4 Å². The van der Waals surface area contributed by atoms with Crippen molar-refractivity contribution >= 4 is 37.5 Å². The molecule has 2 N–H and O–H groups in total. The zero-order chi connectivity index (χ0) is 52.1. The van der Waals surface area contributed by atoms with E-state index in [2.05, 4.69) is 6.92 Å². The van der Waals surface area contributed by atoms with Crippen LogP contribution in [0.3, 0.4) is 0 Å². The Balaban J connectivity index is 1.76. The third-order valence-electron chi connectivity index (χ3n) is 15.0. The molecule has 0 aromatic carbocycles. The van der Waals surface area contributed by atoms with Gasteiger partial charge in [0.15, 0.2) is 14.1 Å². The van der Waals surface area contributed by atoms with Gasteiger partial charge in [-0.15, -0.1) is 0 Å². The van der Waals surface area contributed by atoms with Crippen LogP contribution in [0.5, 0.6) is 0 Å². The van der Waals surface area contributed by atoms with Gasteiger partial charge in [-0.25, -0.2) is 9.68 Å². The Hall–Kier alpha value is -3.19. The number of amides is 1. The number of ketones is 3. The van der Waals surface area contributed by atoms with Crippen LogP contribution >= 0.6 is 0 Å². The number of piperidine rings is 1. The minimum absolute atomic E-state index is 0.0509. The minimum Gasteiger partial charge on any atom is -0.460 e. The molecule has 1 unspecified atom stereocenters. The van der Waals surface area contributed by atoms with E-state index in [1.54, 1.807) is 28.1 Å². The van der Waals surface area contributed by atoms with Crippen LogP contribution in [0, 0.1) is 35.5 Å². The highest BCUT2D eigenvalue weighted by atomic mass is 28.4. The third kappa shape index (κ3) is 16.2. The SMILES string of the molecule is CO[C@H]1C[C@@H]2CC[C@@H](C)[C@@](O)(O2)C(=O)C(=O)N2CCCC[C@H]2C(=O)OC([C@H](C)C[C@@H]2CC[C@@H](OO)[C@H](OC)C2)CC(=O)[C@H](C)/C=C(\C)[C@@H](O[Si](C)(C)C)[C@@H](OC)C(=O)[C@H](C)C[C@H](C)/C=C/C=C/C=C/1C. The number of hydrogen-bond acceptors (Lipinski definition) is 14. The van der Waals surface area contributed by atoms with E-state index >= 15 is 0 Å². The summed E-state index contributed by atoms with van der Waals surface area (Å²) in [6.45, 7) is 19.4. The molecule has 0 radical (unpaired) electrons. The van der Waals surface area contributed by atoms with Gasteiger partial charge in [-0.1, -0.05) is 71.1 Å². The average molecular weight is 1000 g/mol. The third-order valence-corrected chi connectivity index (χ3v) is 16.0. The van der Waals surface area contributed by atoms with Crippen LogP contribution in [-0.4, -0.2) is 135 Å². The van der Waals surface area contributed by atoms with E-state index in [1.807, 2.05) is 83.8 Å². The fourth-order valence-electron chi connectivity index (χ4n) is 10.7. The molecule has 3 aliphatic heterocycles. The molecule has 15 nitrogen and oxygen atoms in total. The zero-order valence-electron chi connectivity index (χ0n) is 44.5. The maximum Gasteiger partial charge on any atom is 0.329 e. The Kier molecular flexibility index (Phi) is 23.1. The van der Waals surface area contributed by atoms with Gasteiger partial charge in [0.1, 0.15) is 30.1 Å². The number of ether oxygens (including phenoxy) is 5. The van der Waals surface area contributed by atoms with Gasteiger partial charge in [0, 0.05) is 58.5 Å². The van der Waals surface area contributed by atoms with Crippen molar-refractivity contribution < 1.29 is 67.3 Å². The predicted molar refractivity (Wildman–Crippen MR) is 269 cm³/mol. The van der Waals surface area contributed by atoms with Crippen LogP contribution in [0.1, 0.15) is 126 Å². The van der Waals surface area contributed by atoms with E-state index in [0.29, 0.717) is 69.8 Å². The predicted octanol–water partition coefficient (Wildman–Crippen LogP) is 8.54. The number of carbonyl (C=O) groups is 5. The summed E-state index contributed by atoms with van der Waals surface area (Å²) < 4.78 is 36.7. The molecule has 4 aliphatic rings. The lowest BCUT2D eigenvalue weighted by Gasteiger charge is -2.42. The number of esters is 1. The second kappa shape index (κ2) is 27.2. The van der Waals surface area contributed by atoms with Crippen LogP contribution in [0.4, 0.5) is 0 Å². The second-order valence-corrected chi connectivity index (χ2v) is 26.3. The van der Waals surface area contributed by atoms with Crippen molar-refractivity contribution in [3.8, 4) is 0 Å². The van der Waals surface area contributed by atoms with Crippen molar-refractivity contribution in [2.75, 3.05) is 27.9 Å². The number of cyclic esters (lactones) is 1. The number of allylic oxidation sites excluding steroid dienone is 6. The Labute approximate surface area is 419 Å². The standard InChI is InChI=1S/C54H87NO14Si/c1-33-19-15-14-16-20-34(2)45(63-8)31-41-24-22-39(7)54(61,67-41)51(58)52(59)55-26-18-17-21-42(55)53(60)66-46(36(4)29-40-23-25-44(68-62)47(30-40)64-9)32-43(56)35(3)28-38(6)49(69-70(11,12)13)50(65-10)48(57)37(5)27-33/h14-16,19-20,28,33,35-37,39-42,44-47,49-50,61-62H,17-18,21-27,29-32H2,1-13H3/b16-14+,19-15+,34-20+,38-28+/t33-,35-,36-,37-,39-,40+,41+,42+,44-,45+,46?,47-,49-,50+,54-/m1/s1. The summed E-state index contributed by atoms with van der Waals surface area (Å²) in [5.41, 5.74) is 1.57. The van der Waals surface area contributed by atoms with Crippen LogP contribution in [-0.2, 0) is 57.0 Å². The number of methoxy groups -OCH3 is 3. The van der Waals surface area contributed by atoms with Crippen molar-refractivity contribution in [2.24, 2.45) is 35.5 Å². The van der Waals surface area contributed by atoms with Gasteiger partial charge < -0.3 is 38.1 Å². The molecule has 2 bridgehead atoms. The van der Waals surface area contributed by atoms with Gasteiger partial charge in [0.25, 0.3) is 11.7 Å². The van der Waals surface area contributed by atoms with E-state index in [0.717, 1.165) is 5.57 Å². The number of hydrogen-bond donors (Lipinski definition) is 2. The van der Waals surface area contributed by atoms with E-state index in [1.165, 1.54) is 12.0 Å². The topological polar surface area (TPSA) is 194 Å². The molecule has 0 aromatic heterocycles. The van der Waals surface area contributed by atoms with Gasteiger partial charge in [0.2, 0.25) is 5.79 Å². The molecule has 15 atom stereocenters. The summed E-state index contributed by atoms with van der Waals surface area (Å²) in [5.74, 6) is -7.56. The molecule has 3 heterocycles. The molecule has 1 aliphatic carbocycles. The van der Waals surface area contributed by atoms with Crippen LogP contribution in [0.15, 0.2) is 47.6 Å². The van der Waals surface area contributed by atoms with E-state index in [9.17, 15) is 34.3 Å². The molecular weight excluding hydrogens is 915 g/mol. The van der Waals surface area contributed by atoms with Crippen molar-refractivity contribution in [3.05, 3.63) is 47.6 Å². The van der Waals surface area contributed by atoms with E-state index < -0.39 is 86.3 Å². The number of Topliss-reactive ketones (excluding diaryl/α,β-unsaturated/α-hetero) is 3. The maximum atomic E-state index is 14.5. The maximum absolute atomic E-state index is 14.5. The van der Waals surface area contributed by atoms with Crippen molar-refractivity contribution in [1.82, 2.24) is 4.90 Å². The lowest BCUT2D eigenvalue weighted by molar-refractivity contribution is -0.306. The molecule has 4 rings (SSSR count).